The molecule has 0 saturated carbocycles. The summed E-state index contributed by atoms with van der Waals surface area (Å²) in [6, 6.07) is 2.18. The van der Waals surface area contributed by atoms with Crippen LogP contribution in [0.3, 0.4) is 0 Å². The third kappa shape index (κ3) is 5.16. The molecule has 2 aromatic rings. The first-order valence-corrected chi connectivity index (χ1v) is 8.41. The molecule has 0 aromatic heterocycles. The first kappa shape index (κ1) is 21.1. The largest absolute Gasteiger partial charge is 0.416 e. The highest BCUT2D eigenvalue weighted by atomic mass is 32.2. The lowest BCUT2D eigenvalue weighted by Crippen LogP contribution is -2.24. The summed E-state index contributed by atoms with van der Waals surface area (Å²) in [7, 11) is -4.81. The Morgan fingerprint density at radius 1 is 0.778 bits per heavy atom. The molecule has 0 unspecified atom stereocenters. The maximum atomic E-state index is 13.1. The van der Waals surface area contributed by atoms with Gasteiger partial charge in [0.05, 0.1) is 16.0 Å². The molecule has 0 amide bonds. The van der Waals surface area contributed by atoms with Crippen LogP contribution >= 0.6 is 0 Å². The van der Waals surface area contributed by atoms with Gasteiger partial charge >= 0.3 is 12.4 Å². The lowest BCUT2D eigenvalue weighted by atomic mass is 10.1. The predicted molar refractivity (Wildman–Crippen MR) is 76.8 cm³/mol. The summed E-state index contributed by atoms with van der Waals surface area (Å²) >= 11 is 0. The van der Waals surface area contributed by atoms with Gasteiger partial charge in [-0.05, 0) is 35.9 Å². The summed E-state index contributed by atoms with van der Waals surface area (Å²) in [5.41, 5.74) is -3.70. The van der Waals surface area contributed by atoms with Gasteiger partial charge in [-0.2, -0.15) is 26.3 Å². The number of hydrogen-bond acceptors (Lipinski definition) is 2. The standard InChI is InChI=1S/C15H9F8NO2S/c16-12-2-1-8(3-13(12)17)7-24-27(25,26)11-5-9(14(18,19)20)4-10(6-11)15(21,22)23/h1-6,24H,7H2. The normalized spacial score (nSPS) is 13.0. The van der Waals surface area contributed by atoms with Crippen LogP contribution in [-0.4, -0.2) is 8.42 Å². The van der Waals surface area contributed by atoms with Gasteiger partial charge in [-0.3, -0.25) is 0 Å². The molecule has 0 heterocycles. The van der Waals surface area contributed by atoms with Gasteiger partial charge in [0.25, 0.3) is 0 Å². The van der Waals surface area contributed by atoms with Crippen molar-refractivity contribution in [3.05, 3.63) is 64.7 Å². The zero-order valence-electron chi connectivity index (χ0n) is 12.9. The maximum absolute atomic E-state index is 13.1. The number of hydrogen-bond donors (Lipinski definition) is 1. The van der Waals surface area contributed by atoms with E-state index in [1.165, 1.54) is 0 Å². The topological polar surface area (TPSA) is 46.2 Å². The number of rotatable bonds is 4. The molecule has 2 aromatic carbocycles. The SMILES string of the molecule is O=S(=O)(NCc1ccc(F)c(F)c1)c1cc(C(F)(F)F)cc(C(F)(F)F)c1. The van der Waals surface area contributed by atoms with Crippen LogP contribution in [0.25, 0.3) is 0 Å². The van der Waals surface area contributed by atoms with Crippen molar-refractivity contribution in [1.82, 2.24) is 4.72 Å². The van der Waals surface area contributed by atoms with Crippen molar-refractivity contribution in [1.29, 1.82) is 0 Å². The third-order valence-corrected chi connectivity index (χ3v) is 4.70. The molecule has 12 heteroatoms. The number of halogens is 8. The molecule has 0 saturated heterocycles. The summed E-state index contributed by atoms with van der Waals surface area (Å²) in [5, 5.41) is 0. The monoisotopic (exact) mass is 419 g/mol. The Balaban J connectivity index is 2.40. The molecule has 3 nitrogen and oxygen atoms in total. The quantitative estimate of drug-likeness (QED) is 0.743. The number of nitrogens with one attached hydrogen (secondary N) is 1. The fourth-order valence-corrected chi connectivity index (χ4v) is 3.08. The van der Waals surface area contributed by atoms with Crippen LogP contribution in [0.15, 0.2) is 41.3 Å². The molecule has 0 aliphatic carbocycles. The molecule has 1 N–H and O–H groups in total. The maximum Gasteiger partial charge on any atom is 0.416 e. The van der Waals surface area contributed by atoms with Crippen LogP contribution in [0.2, 0.25) is 0 Å². The highest BCUT2D eigenvalue weighted by Gasteiger charge is 2.38. The fraction of sp³-hybridized carbons (Fsp3) is 0.200. The lowest BCUT2D eigenvalue weighted by molar-refractivity contribution is -0.143. The summed E-state index contributed by atoms with van der Waals surface area (Å²) < 4.78 is 129. The van der Waals surface area contributed by atoms with Crippen LogP contribution in [-0.2, 0) is 28.9 Å². The Hall–Kier alpha value is -2.21. The summed E-state index contributed by atoms with van der Waals surface area (Å²) in [6.07, 6.45) is -10.4. The van der Waals surface area contributed by atoms with Gasteiger partial charge in [0.1, 0.15) is 0 Å². The number of benzene rings is 2. The zero-order chi connectivity index (χ0) is 20.6. The van der Waals surface area contributed by atoms with E-state index in [9.17, 15) is 43.5 Å². The first-order valence-electron chi connectivity index (χ1n) is 6.93. The van der Waals surface area contributed by atoms with Gasteiger partial charge in [0.15, 0.2) is 11.6 Å². The van der Waals surface area contributed by atoms with E-state index in [0.29, 0.717) is 12.1 Å². The Labute approximate surface area is 147 Å². The van der Waals surface area contributed by atoms with Gasteiger partial charge in [-0.1, -0.05) is 6.07 Å². The van der Waals surface area contributed by atoms with Crippen LogP contribution in [0.1, 0.15) is 16.7 Å². The van der Waals surface area contributed by atoms with Crippen LogP contribution < -0.4 is 4.72 Å². The number of alkyl halides is 6. The van der Waals surface area contributed by atoms with Gasteiger partial charge < -0.3 is 0 Å². The van der Waals surface area contributed by atoms with Crippen molar-refractivity contribution in [2.45, 2.75) is 23.8 Å². The molecule has 27 heavy (non-hydrogen) atoms. The Morgan fingerprint density at radius 2 is 1.30 bits per heavy atom. The number of sulfonamides is 1. The third-order valence-electron chi connectivity index (χ3n) is 3.32. The van der Waals surface area contributed by atoms with E-state index < -0.39 is 56.6 Å². The second-order valence-electron chi connectivity index (χ2n) is 5.31. The average Bonchev–Trinajstić information content (AvgIpc) is 2.54. The highest BCUT2D eigenvalue weighted by molar-refractivity contribution is 7.89. The molecule has 2 rings (SSSR count). The molecule has 0 fully saturated rings. The van der Waals surface area contributed by atoms with Crippen molar-refractivity contribution >= 4 is 10.0 Å². The smallest absolute Gasteiger partial charge is 0.207 e. The predicted octanol–water partition coefficient (Wildman–Crippen LogP) is 4.48. The molecule has 0 aliphatic heterocycles. The molecule has 0 aliphatic rings. The average molecular weight is 419 g/mol. The highest BCUT2D eigenvalue weighted by Crippen LogP contribution is 2.37. The van der Waals surface area contributed by atoms with Gasteiger partial charge in [0, 0.05) is 6.54 Å². The zero-order valence-corrected chi connectivity index (χ0v) is 13.7. The van der Waals surface area contributed by atoms with Gasteiger partial charge in [-0.25, -0.2) is 21.9 Å². The Kier molecular flexibility index (Phi) is 5.53. The summed E-state index contributed by atoms with van der Waals surface area (Å²) in [4.78, 5) is -1.27. The van der Waals surface area contributed by atoms with Crippen molar-refractivity contribution in [2.75, 3.05) is 0 Å². The van der Waals surface area contributed by atoms with Crippen molar-refractivity contribution < 1.29 is 43.5 Å². The van der Waals surface area contributed by atoms with Crippen LogP contribution in [0.5, 0.6) is 0 Å². The van der Waals surface area contributed by atoms with E-state index in [-0.39, 0.29) is 23.8 Å². The molecule has 0 spiro atoms. The molecule has 0 atom stereocenters. The van der Waals surface area contributed by atoms with Crippen molar-refractivity contribution in [3.63, 3.8) is 0 Å². The second kappa shape index (κ2) is 7.08. The van der Waals surface area contributed by atoms with Gasteiger partial charge in [-0.15, -0.1) is 0 Å². The first-order chi connectivity index (χ1) is 12.2. The van der Waals surface area contributed by atoms with E-state index in [2.05, 4.69) is 0 Å². The fourth-order valence-electron chi connectivity index (χ4n) is 1.99. The lowest BCUT2D eigenvalue weighted by Gasteiger charge is -2.15. The Morgan fingerprint density at radius 3 is 1.74 bits per heavy atom. The van der Waals surface area contributed by atoms with Crippen molar-refractivity contribution in [2.24, 2.45) is 0 Å². The van der Waals surface area contributed by atoms with Crippen molar-refractivity contribution in [3.8, 4) is 0 Å². The van der Waals surface area contributed by atoms with E-state index in [1.54, 1.807) is 4.72 Å². The molecule has 0 bridgehead atoms. The molecular weight excluding hydrogens is 410 g/mol. The minimum Gasteiger partial charge on any atom is -0.207 e. The summed E-state index contributed by atoms with van der Waals surface area (Å²) in [6.45, 7) is -0.683. The van der Waals surface area contributed by atoms with E-state index in [1.807, 2.05) is 0 Å². The molecular formula is C15H9F8NO2S. The molecule has 148 valence electrons. The van der Waals surface area contributed by atoms with E-state index in [0.717, 1.165) is 6.07 Å². The Bertz CT molecular complexity index is 919. The van der Waals surface area contributed by atoms with Crippen LogP contribution in [0, 0.1) is 11.6 Å². The summed E-state index contributed by atoms with van der Waals surface area (Å²) in [5.74, 6) is -2.51. The second-order valence-corrected chi connectivity index (χ2v) is 7.08. The minimum absolute atomic E-state index is 0.0445. The van der Waals surface area contributed by atoms with Crippen LogP contribution in [0.4, 0.5) is 35.1 Å². The van der Waals surface area contributed by atoms with E-state index in [4.69, 9.17) is 0 Å². The minimum atomic E-state index is -5.22. The van der Waals surface area contributed by atoms with E-state index >= 15 is 0 Å². The van der Waals surface area contributed by atoms with Gasteiger partial charge in [0.2, 0.25) is 10.0 Å². The molecule has 0 radical (unpaired) electrons.